The Labute approximate surface area is 182 Å². The quantitative estimate of drug-likeness (QED) is 0.576. The van der Waals surface area contributed by atoms with Gasteiger partial charge in [-0.2, -0.15) is 31.4 Å². The molecule has 0 atom stereocenters. The van der Waals surface area contributed by atoms with Crippen molar-refractivity contribution in [1.29, 1.82) is 0 Å². The van der Waals surface area contributed by atoms with E-state index in [-0.39, 0.29) is 35.1 Å². The lowest BCUT2D eigenvalue weighted by Gasteiger charge is -2.14. The Kier molecular flexibility index (Phi) is 5.45. The summed E-state index contributed by atoms with van der Waals surface area (Å²) in [7, 11) is 0. The second-order valence-electron chi connectivity index (χ2n) is 7.83. The van der Waals surface area contributed by atoms with Crippen LogP contribution in [-0.4, -0.2) is 37.8 Å². The van der Waals surface area contributed by atoms with Gasteiger partial charge in [0.2, 0.25) is 0 Å². The molecule has 1 saturated carbocycles. The molecule has 1 amide bonds. The van der Waals surface area contributed by atoms with Gasteiger partial charge in [0, 0.05) is 17.7 Å². The van der Waals surface area contributed by atoms with Crippen molar-refractivity contribution >= 4 is 11.6 Å². The van der Waals surface area contributed by atoms with Gasteiger partial charge in [-0.15, -0.1) is 0 Å². The number of carbonyl (C=O) groups excluding carboxylic acids is 1. The van der Waals surface area contributed by atoms with Crippen molar-refractivity contribution in [2.45, 2.75) is 44.6 Å². The number of carbonyl (C=O) groups is 1. The highest BCUT2D eigenvalue weighted by Crippen LogP contribution is 2.42. The molecule has 1 N–H and O–H groups in total. The summed E-state index contributed by atoms with van der Waals surface area (Å²) < 4.78 is 78.8. The maximum Gasteiger partial charge on any atom is 0.435 e. The number of amides is 1. The zero-order chi connectivity index (χ0) is 24.1. The fourth-order valence-corrected chi connectivity index (χ4v) is 3.52. The van der Waals surface area contributed by atoms with Crippen molar-refractivity contribution in [2.24, 2.45) is 0 Å². The fraction of sp³-hybridized carbons (Fsp3) is 0.400. The predicted molar refractivity (Wildman–Crippen MR) is 103 cm³/mol. The summed E-state index contributed by atoms with van der Waals surface area (Å²) in [5, 5.41) is 5.35. The zero-order valence-electron chi connectivity index (χ0n) is 17.1. The monoisotopic (exact) mass is 473 g/mol. The van der Waals surface area contributed by atoms with Crippen molar-refractivity contribution < 1.29 is 31.1 Å². The molecule has 3 aromatic rings. The van der Waals surface area contributed by atoms with Crippen molar-refractivity contribution in [3.8, 4) is 0 Å². The van der Waals surface area contributed by atoms with Crippen LogP contribution >= 0.6 is 0 Å². The lowest BCUT2D eigenvalue weighted by atomic mass is 10.2. The third-order valence-electron chi connectivity index (χ3n) is 5.15. The molecule has 1 fully saturated rings. The van der Waals surface area contributed by atoms with Gasteiger partial charge in [0.1, 0.15) is 17.9 Å². The Balaban J connectivity index is 1.71. The smallest absolute Gasteiger partial charge is 0.342 e. The molecular formula is C20H17F6N5O2. The maximum atomic E-state index is 13.1. The van der Waals surface area contributed by atoms with Crippen LogP contribution in [0, 0.1) is 6.92 Å². The Morgan fingerprint density at radius 1 is 1.15 bits per heavy atom. The van der Waals surface area contributed by atoms with E-state index in [9.17, 15) is 35.9 Å². The van der Waals surface area contributed by atoms with Crippen molar-refractivity contribution in [3.63, 3.8) is 0 Å². The summed E-state index contributed by atoms with van der Waals surface area (Å²) in [5.41, 5.74) is -1.40. The van der Waals surface area contributed by atoms with Crippen molar-refractivity contribution in [3.05, 3.63) is 63.0 Å². The second kappa shape index (κ2) is 7.89. The molecule has 0 saturated heterocycles. The topological polar surface area (TPSA) is 81.3 Å². The number of rotatable bonds is 5. The number of fused-ring (bicyclic) bond motifs is 1. The first-order valence-electron chi connectivity index (χ1n) is 9.85. The Morgan fingerprint density at radius 2 is 1.85 bits per heavy atom. The molecule has 0 aliphatic heterocycles. The summed E-state index contributed by atoms with van der Waals surface area (Å²) in [5.74, 6) is -1.16. The fourth-order valence-electron chi connectivity index (χ4n) is 3.52. The largest absolute Gasteiger partial charge is 0.435 e. The highest BCUT2D eigenvalue weighted by atomic mass is 19.4. The van der Waals surface area contributed by atoms with Crippen LogP contribution in [0.5, 0.6) is 0 Å². The van der Waals surface area contributed by atoms with E-state index in [1.165, 1.54) is 19.1 Å². The number of hydrogen-bond donors (Lipinski definition) is 1. The Bertz CT molecular complexity index is 1290. The lowest BCUT2D eigenvalue weighted by molar-refractivity contribution is -0.141. The van der Waals surface area contributed by atoms with E-state index in [0.29, 0.717) is 5.69 Å². The highest BCUT2D eigenvalue weighted by Gasteiger charge is 2.38. The first kappa shape index (κ1) is 22.8. The molecule has 176 valence electrons. The van der Waals surface area contributed by atoms with Crippen LogP contribution in [0.3, 0.4) is 0 Å². The van der Waals surface area contributed by atoms with Gasteiger partial charge >= 0.3 is 12.4 Å². The molecule has 3 heterocycles. The van der Waals surface area contributed by atoms with Crippen LogP contribution in [-0.2, 0) is 12.7 Å². The van der Waals surface area contributed by atoms with Crippen molar-refractivity contribution in [1.82, 2.24) is 24.5 Å². The predicted octanol–water partition coefficient (Wildman–Crippen LogP) is 3.44. The van der Waals surface area contributed by atoms with Crippen LogP contribution in [0.2, 0.25) is 0 Å². The molecule has 33 heavy (non-hydrogen) atoms. The number of hydrogen-bond acceptors (Lipinski definition) is 4. The third-order valence-corrected chi connectivity index (χ3v) is 5.15. The summed E-state index contributed by atoms with van der Waals surface area (Å²) in [6.45, 7) is -0.337. The molecule has 13 heteroatoms. The maximum absolute atomic E-state index is 13.1. The van der Waals surface area contributed by atoms with Gasteiger partial charge < -0.3 is 5.32 Å². The minimum Gasteiger partial charge on any atom is -0.342 e. The number of nitrogens with one attached hydrogen (secondary N) is 1. The van der Waals surface area contributed by atoms with E-state index in [0.717, 1.165) is 34.1 Å². The standard InChI is InChI=1S/C20H17F6N5O2/c1-10-2-5-15-28-12(6-16(32)31(15)17(10)18(33)27-9-19(21,22)23)8-30-13(11-3-4-11)7-14(29-30)20(24,25)26/h2,5-7,11H,3-4,8-9H2,1H3,(H,27,33). The van der Waals surface area contributed by atoms with Gasteiger partial charge in [-0.05, 0) is 37.5 Å². The van der Waals surface area contributed by atoms with Gasteiger partial charge in [0.05, 0.1) is 12.2 Å². The van der Waals surface area contributed by atoms with Gasteiger partial charge in [0.15, 0.2) is 5.69 Å². The second-order valence-corrected chi connectivity index (χ2v) is 7.83. The number of aromatic nitrogens is 4. The third kappa shape index (κ3) is 4.86. The molecular weight excluding hydrogens is 456 g/mol. The van der Waals surface area contributed by atoms with E-state index < -0.39 is 36.1 Å². The summed E-state index contributed by atoms with van der Waals surface area (Å²) in [4.78, 5) is 29.4. The Morgan fingerprint density at radius 3 is 2.45 bits per heavy atom. The first-order chi connectivity index (χ1) is 15.3. The van der Waals surface area contributed by atoms with Crippen LogP contribution < -0.4 is 10.9 Å². The molecule has 3 aromatic heterocycles. The Hall–Kier alpha value is -3.38. The minimum atomic E-state index is -4.64. The average Bonchev–Trinajstić information content (AvgIpc) is 3.45. The molecule has 0 bridgehead atoms. The van der Waals surface area contributed by atoms with Crippen molar-refractivity contribution in [2.75, 3.05) is 6.54 Å². The number of alkyl halides is 6. The van der Waals surface area contributed by atoms with Crippen LogP contribution in [0.15, 0.2) is 29.1 Å². The lowest BCUT2D eigenvalue weighted by Crippen LogP contribution is -2.36. The zero-order valence-corrected chi connectivity index (χ0v) is 17.1. The number of halogens is 6. The van der Waals surface area contributed by atoms with Gasteiger partial charge in [-0.1, -0.05) is 6.07 Å². The number of nitrogens with zero attached hydrogens (tertiary/aromatic N) is 4. The number of pyridine rings is 1. The number of aryl methyl sites for hydroxylation is 1. The average molecular weight is 473 g/mol. The first-order valence-corrected chi connectivity index (χ1v) is 9.85. The van der Waals surface area contributed by atoms with E-state index in [4.69, 9.17) is 0 Å². The molecule has 0 spiro atoms. The van der Waals surface area contributed by atoms with Crippen LogP contribution in [0.4, 0.5) is 26.3 Å². The molecule has 0 unspecified atom stereocenters. The summed E-state index contributed by atoms with van der Waals surface area (Å²) >= 11 is 0. The normalized spacial score (nSPS) is 14.6. The van der Waals surface area contributed by atoms with E-state index in [1.54, 1.807) is 5.32 Å². The highest BCUT2D eigenvalue weighted by molar-refractivity contribution is 5.94. The van der Waals surface area contributed by atoms with E-state index in [1.807, 2.05) is 0 Å². The van der Waals surface area contributed by atoms with Crippen LogP contribution in [0.1, 0.15) is 51.9 Å². The van der Waals surface area contributed by atoms with Gasteiger partial charge in [-0.25, -0.2) is 4.98 Å². The molecule has 1 aliphatic carbocycles. The molecule has 0 aromatic carbocycles. The minimum absolute atomic E-state index is 0.0311. The SMILES string of the molecule is Cc1ccc2nc(Cn3nc(C(F)(F)F)cc3C3CC3)cc(=O)n2c1C(=O)NCC(F)(F)F. The molecule has 4 rings (SSSR count). The molecule has 1 aliphatic rings. The van der Waals surface area contributed by atoms with Gasteiger partial charge in [0.25, 0.3) is 11.5 Å². The van der Waals surface area contributed by atoms with Gasteiger partial charge in [-0.3, -0.25) is 18.7 Å². The van der Waals surface area contributed by atoms with Crippen LogP contribution in [0.25, 0.3) is 5.65 Å². The van der Waals surface area contributed by atoms with E-state index in [2.05, 4.69) is 10.1 Å². The molecule has 7 nitrogen and oxygen atoms in total. The van der Waals surface area contributed by atoms with E-state index >= 15 is 0 Å². The summed E-state index contributed by atoms with van der Waals surface area (Å²) in [6, 6.07) is 4.82. The summed E-state index contributed by atoms with van der Waals surface area (Å²) in [6.07, 6.45) is -7.80. The molecule has 0 radical (unpaired) electrons.